The molecule has 7 nitrogen and oxygen atoms in total. The summed E-state index contributed by atoms with van der Waals surface area (Å²) in [5.41, 5.74) is 0.440. The van der Waals surface area contributed by atoms with E-state index in [9.17, 15) is 18.0 Å². The van der Waals surface area contributed by atoms with Gasteiger partial charge < -0.3 is 15.5 Å². The number of carbonyl (C=O) groups is 2. The van der Waals surface area contributed by atoms with Gasteiger partial charge >= 0.3 is 6.03 Å². The number of carbonyl (C=O) groups excluding carboxylic acids is 2. The minimum atomic E-state index is -3.35. The van der Waals surface area contributed by atoms with Gasteiger partial charge in [-0.15, -0.1) is 0 Å². The molecule has 0 bridgehead atoms. The Hall–Kier alpha value is -2.09. The molecule has 30 heavy (non-hydrogen) atoms. The molecule has 0 unspecified atom stereocenters. The maximum absolute atomic E-state index is 12.5. The second-order valence-corrected chi connectivity index (χ2v) is 11.1. The number of hydrogen-bond donors (Lipinski definition) is 2. The summed E-state index contributed by atoms with van der Waals surface area (Å²) >= 11 is 0. The molecule has 2 N–H and O–H groups in total. The van der Waals surface area contributed by atoms with Crippen molar-refractivity contribution in [2.45, 2.75) is 81.0 Å². The number of likely N-dealkylation sites (tertiary alicyclic amines) is 1. The Labute approximate surface area is 179 Å². The van der Waals surface area contributed by atoms with Gasteiger partial charge in [-0.1, -0.05) is 19.3 Å². The lowest BCUT2D eigenvalue weighted by molar-refractivity contribution is 0.0917. The molecule has 1 saturated carbocycles. The van der Waals surface area contributed by atoms with Crippen molar-refractivity contribution < 1.29 is 18.0 Å². The van der Waals surface area contributed by atoms with Crippen molar-refractivity contribution in [3.63, 3.8) is 0 Å². The molecule has 2 fully saturated rings. The molecule has 0 atom stereocenters. The number of nitrogens with zero attached hydrogens (tertiary/aromatic N) is 1. The van der Waals surface area contributed by atoms with Gasteiger partial charge in [-0.2, -0.15) is 0 Å². The summed E-state index contributed by atoms with van der Waals surface area (Å²) in [7, 11) is -3.35. The Morgan fingerprint density at radius 3 is 2.03 bits per heavy atom. The second kappa shape index (κ2) is 9.81. The maximum Gasteiger partial charge on any atom is 0.317 e. The summed E-state index contributed by atoms with van der Waals surface area (Å²) in [5.74, 6) is -0.214. The number of benzene rings is 1. The van der Waals surface area contributed by atoms with Crippen molar-refractivity contribution in [1.82, 2.24) is 15.5 Å². The van der Waals surface area contributed by atoms with Gasteiger partial charge in [0.25, 0.3) is 5.91 Å². The lowest BCUT2D eigenvalue weighted by atomic mass is 9.95. The third-order valence-corrected chi connectivity index (χ3v) is 8.29. The first-order valence-corrected chi connectivity index (χ1v) is 12.5. The first-order chi connectivity index (χ1) is 14.3. The van der Waals surface area contributed by atoms with Crippen LogP contribution in [0.4, 0.5) is 4.79 Å². The number of nitrogens with one attached hydrogen (secondary N) is 2. The number of amides is 3. The fraction of sp³-hybridized carbons (Fsp3) is 0.636. The average Bonchev–Trinajstić information content (AvgIpc) is 2.75. The Kier molecular flexibility index (Phi) is 7.39. The molecule has 3 amide bonds. The van der Waals surface area contributed by atoms with E-state index < -0.39 is 15.1 Å². The Bertz CT molecular complexity index is 838. The highest BCUT2D eigenvalue weighted by atomic mass is 32.2. The van der Waals surface area contributed by atoms with E-state index in [0.717, 1.165) is 12.8 Å². The fourth-order valence-electron chi connectivity index (χ4n) is 4.08. The Balaban J connectivity index is 1.47. The summed E-state index contributed by atoms with van der Waals surface area (Å²) in [6.45, 7) is 4.51. The van der Waals surface area contributed by atoms with Crippen LogP contribution in [-0.4, -0.2) is 55.7 Å². The monoisotopic (exact) mass is 435 g/mol. The smallest absolute Gasteiger partial charge is 0.317 e. The number of urea groups is 1. The largest absolute Gasteiger partial charge is 0.349 e. The molecule has 1 aliphatic heterocycles. The van der Waals surface area contributed by atoms with Gasteiger partial charge in [-0.05, 0) is 63.8 Å². The molecule has 1 aliphatic carbocycles. The van der Waals surface area contributed by atoms with Crippen LogP contribution in [0.3, 0.4) is 0 Å². The molecule has 0 radical (unpaired) electrons. The topological polar surface area (TPSA) is 95.6 Å². The van der Waals surface area contributed by atoms with Crippen molar-refractivity contribution in [1.29, 1.82) is 0 Å². The first-order valence-electron chi connectivity index (χ1n) is 11.0. The third-order valence-electron chi connectivity index (χ3n) is 6.12. The number of hydrogen-bond acceptors (Lipinski definition) is 4. The number of rotatable bonds is 5. The van der Waals surface area contributed by atoms with Crippen LogP contribution in [0.15, 0.2) is 29.2 Å². The average molecular weight is 436 g/mol. The molecule has 1 saturated heterocycles. The normalized spacial score (nSPS) is 19.0. The fourth-order valence-corrected chi connectivity index (χ4v) is 5.14. The molecule has 1 aromatic rings. The van der Waals surface area contributed by atoms with E-state index in [1.54, 1.807) is 26.0 Å². The van der Waals surface area contributed by atoms with E-state index in [1.165, 1.54) is 31.4 Å². The summed E-state index contributed by atoms with van der Waals surface area (Å²) in [4.78, 5) is 27.1. The van der Waals surface area contributed by atoms with E-state index in [2.05, 4.69) is 10.6 Å². The van der Waals surface area contributed by atoms with Gasteiger partial charge in [0.05, 0.1) is 10.1 Å². The van der Waals surface area contributed by atoms with Crippen LogP contribution in [0.25, 0.3) is 0 Å². The van der Waals surface area contributed by atoms with Gasteiger partial charge in [-0.3, -0.25) is 4.79 Å². The van der Waals surface area contributed by atoms with E-state index in [0.29, 0.717) is 37.5 Å². The van der Waals surface area contributed by atoms with Crippen molar-refractivity contribution in [2.24, 2.45) is 0 Å². The van der Waals surface area contributed by atoms with E-state index in [-0.39, 0.29) is 22.9 Å². The van der Waals surface area contributed by atoms with Gasteiger partial charge in [-0.25, -0.2) is 13.2 Å². The highest BCUT2D eigenvalue weighted by molar-refractivity contribution is 7.92. The summed E-state index contributed by atoms with van der Waals surface area (Å²) in [5, 5.41) is 5.65. The van der Waals surface area contributed by atoms with Crippen molar-refractivity contribution in [2.75, 3.05) is 13.1 Å². The zero-order valence-electron chi connectivity index (χ0n) is 17.9. The number of piperidine rings is 1. The molecule has 1 heterocycles. The van der Waals surface area contributed by atoms with Crippen LogP contribution in [-0.2, 0) is 9.84 Å². The molecule has 1 aromatic carbocycles. The Morgan fingerprint density at radius 1 is 0.900 bits per heavy atom. The molecule has 166 valence electrons. The SMILES string of the molecule is CC(C)S(=O)(=O)c1ccc(C(=O)NC2CCN(C(=O)NC3CCCCC3)CC2)cc1. The summed E-state index contributed by atoms with van der Waals surface area (Å²) in [6.07, 6.45) is 7.18. The lowest BCUT2D eigenvalue weighted by Crippen LogP contribution is -2.51. The highest BCUT2D eigenvalue weighted by Crippen LogP contribution is 2.19. The van der Waals surface area contributed by atoms with Crippen LogP contribution >= 0.6 is 0 Å². The molecule has 8 heteroatoms. The second-order valence-electron chi connectivity index (χ2n) is 8.64. The van der Waals surface area contributed by atoms with Crippen LogP contribution < -0.4 is 10.6 Å². The van der Waals surface area contributed by atoms with Gasteiger partial charge in [0.1, 0.15) is 0 Å². The van der Waals surface area contributed by atoms with Gasteiger partial charge in [0.2, 0.25) is 0 Å². The predicted molar refractivity (Wildman–Crippen MR) is 116 cm³/mol. The molecule has 2 aliphatic rings. The van der Waals surface area contributed by atoms with E-state index in [1.807, 2.05) is 4.90 Å². The first kappa shape index (κ1) is 22.6. The van der Waals surface area contributed by atoms with E-state index in [4.69, 9.17) is 0 Å². The Morgan fingerprint density at radius 2 is 1.47 bits per heavy atom. The van der Waals surface area contributed by atoms with Crippen molar-refractivity contribution in [3.8, 4) is 0 Å². The van der Waals surface area contributed by atoms with Crippen LogP contribution in [0.5, 0.6) is 0 Å². The summed E-state index contributed by atoms with van der Waals surface area (Å²) < 4.78 is 24.4. The predicted octanol–water partition coefficient (Wildman–Crippen LogP) is 3.11. The zero-order valence-corrected chi connectivity index (χ0v) is 18.7. The number of sulfone groups is 1. The maximum atomic E-state index is 12.5. The molecule has 0 aromatic heterocycles. The van der Waals surface area contributed by atoms with Crippen LogP contribution in [0.1, 0.15) is 69.2 Å². The minimum absolute atomic E-state index is 0.00799. The third kappa shape index (κ3) is 5.53. The van der Waals surface area contributed by atoms with E-state index >= 15 is 0 Å². The zero-order chi connectivity index (χ0) is 21.7. The standard InChI is InChI=1S/C22H33N3O4S/c1-16(2)30(28,29)20-10-8-17(9-11-20)21(26)23-19-12-14-25(15-13-19)22(27)24-18-6-4-3-5-7-18/h8-11,16,18-19H,3-7,12-15H2,1-2H3,(H,23,26)(H,24,27). The highest BCUT2D eigenvalue weighted by Gasteiger charge is 2.26. The van der Waals surface area contributed by atoms with Gasteiger partial charge in [0, 0.05) is 30.7 Å². The molecule has 0 spiro atoms. The van der Waals surface area contributed by atoms with Gasteiger partial charge in [0.15, 0.2) is 9.84 Å². The van der Waals surface area contributed by atoms with Crippen LogP contribution in [0, 0.1) is 0 Å². The lowest BCUT2D eigenvalue weighted by Gasteiger charge is -2.34. The van der Waals surface area contributed by atoms with Crippen LogP contribution in [0.2, 0.25) is 0 Å². The van der Waals surface area contributed by atoms with Crippen molar-refractivity contribution >= 4 is 21.8 Å². The minimum Gasteiger partial charge on any atom is -0.349 e. The van der Waals surface area contributed by atoms with Crippen molar-refractivity contribution in [3.05, 3.63) is 29.8 Å². The molecular weight excluding hydrogens is 402 g/mol. The molecule has 3 rings (SSSR count). The quantitative estimate of drug-likeness (QED) is 0.743. The molecular formula is C22H33N3O4S. The summed E-state index contributed by atoms with van der Waals surface area (Å²) in [6, 6.07) is 6.40.